The van der Waals surface area contributed by atoms with Crippen LogP contribution in [0.5, 0.6) is 0 Å². The number of fused-ring (bicyclic) bond motifs is 1. The van der Waals surface area contributed by atoms with Crippen LogP contribution in [0.25, 0.3) is 0 Å². The molecule has 0 aliphatic carbocycles. The van der Waals surface area contributed by atoms with E-state index in [1.807, 2.05) is 23.1 Å². The highest BCUT2D eigenvalue weighted by atomic mass is 32.2. The molecule has 0 bridgehead atoms. The number of nitrogens with zero attached hydrogens (tertiary/aromatic N) is 4. The Morgan fingerprint density at radius 2 is 2.27 bits per heavy atom. The molecule has 26 heavy (non-hydrogen) atoms. The number of nitrogens with one attached hydrogen (secondary N) is 1. The number of carbonyl (C=O) groups is 1. The Bertz CT molecular complexity index is 780. The quantitative estimate of drug-likeness (QED) is 0.874. The van der Waals surface area contributed by atoms with Crippen molar-refractivity contribution in [1.82, 2.24) is 20.4 Å². The van der Waals surface area contributed by atoms with Crippen molar-refractivity contribution in [3.8, 4) is 0 Å². The minimum absolute atomic E-state index is 0.106. The zero-order valence-corrected chi connectivity index (χ0v) is 15.7. The van der Waals surface area contributed by atoms with Crippen LogP contribution in [0.1, 0.15) is 24.2 Å². The van der Waals surface area contributed by atoms with Gasteiger partial charge in [-0.1, -0.05) is 17.3 Å². The minimum Gasteiger partial charge on any atom is -0.339 e. The third-order valence-corrected chi connectivity index (χ3v) is 5.92. The second kappa shape index (κ2) is 7.77. The summed E-state index contributed by atoms with van der Waals surface area (Å²) >= 11 is 1.80. The summed E-state index contributed by atoms with van der Waals surface area (Å²) in [6.07, 6.45) is 0.848. The second-order valence-electron chi connectivity index (χ2n) is 6.61. The third kappa shape index (κ3) is 3.62. The van der Waals surface area contributed by atoms with Crippen LogP contribution in [0.2, 0.25) is 0 Å². The van der Waals surface area contributed by atoms with E-state index in [1.54, 1.807) is 11.8 Å². The molecule has 138 valence electrons. The molecule has 1 N–H and O–H groups in total. The summed E-state index contributed by atoms with van der Waals surface area (Å²) < 4.78 is 5.38. The average Bonchev–Trinajstić information content (AvgIpc) is 3.15. The Hall–Kier alpha value is -1.90. The van der Waals surface area contributed by atoms with E-state index < -0.39 is 0 Å². The number of para-hydroxylation sites is 1. The van der Waals surface area contributed by atoms with Crippen LogP contribution < -0.4 is 10.2 Å². The Kier molecular flexibility index (Phi) is 5.23. The van der Waals surface area contributed by atoms with Crippen LogP contribution in [-0.2, 0) is 11.2 Å². The van der Waals surface area contributed by atoms with E-state index >= 15 is 0 Å². The fourth-order valence-electron chi connectivity index (χ4n) is 3.38. The Balaban J connectivity index is 1.38. The van der Waals surface area contributed by atoms with Crippen molar-refractivity contribution in [2.24, 2.45) is 0 Å². The van der Waals surface area contributed by atoms with Gasteiger partial charge in [0.15, 0.2) is 5.82 Å². The molecule has 2 aliphatic rings. The summed E-state index contributed by atoms with van der Waals surface area (Å²) in [5.41, 5.74) is 1.01. The van der Waals surface area contributed by atoms with Crippen molar-refractivity contribution >= 4 is 23.4 Å². The molecule has 1 atom stereocenters. The summed E-state index contributed by atoms with van der Waals surface area (Å²) in [4.78, 5) is 22.5. The number of piperazine rings is 1. The fourth-order valence-corrected chi connectivity index (χ4v) is 4.37. The van der Waals surface area contributed by atoms with E-state index in [0.717, 1.165) is 37.6 Å². The predicted molar refractivity (Wildman–Crippen MR) is 100 cm³/mol. The first-order chi connectivity index (χ1) is 12.7. The SMILES string of the molecule is CN1CCNCC1c1noc(CCC(=O)N2CCSc3ccccc32)n1. The molecule has 2 aliphatic heterocycles. The summed E-state index contributed by atoms with van der Waals surface area (Å²) in [5, 5.41) is 7.47. The summed E-state index contributed by atoms with van der Waals surface area (Å²) in [5.74, 6) is 2.26. The van der Waals surface area contributed by atoms with Gasteiger partial charge in [-0.15, -0.1) is 11.8 Å². The lowest BCUT2D eigenvalue weighted by Gasteiger charge is -2.30. The van der Waals surface area contributed by atoms with Crippen molar-refractivity contribution in [2.45, 2.75) is 23.8 Å². The molecule has 4 rings (SSSR count). The zero-order valence-electron chi connectivity index (χ0n) is 14.9. The number of hydrogen-bond donors (Lipinski definition) is 1. The van der Waals surface area contributed by atoms with Crippen LogP contribution in [0.3, 0.4) is 0 Å². The molecule has 0 spiro atoms. The van der Waals surface area contributed by atoms with Gasteiger partial charge in [-0.3, -0.25) is 9.69 Å². The summed E-state index contributed by atoms with van der Waals surface area (Å²) in [7, 11) is 2.07. The number of amides is 1. The van der Waals surface area contributed by atoms with Crippen molar-refractivity contribution < 1.29 is 9.32 Å². The second-order valence-corrected chi connectivity index (χ2v) is 7.75. The smallest absolute Gasteiger partial charge is 0.227 e. The summed E-state index contributed by atoms with van der Waals surface area (Å²) in [6.45, 7) is 3.49. The molecule has 0 radical (unpaired) electrons. The van der Waals surface area contributed by atoms with Gasteiger partial charge in [0.1, 0.15) is 0 Å². The van der Waals surface area contributed by atoms with Gasteiger partial charge in [-0.25, -0.2) is 0 Å². The lowest BCUT2D eigenvalue weighted by molar-refractivity contribution is -0.118. The highest BCUT2D eigenvalue weighted by Gasteiger charge is 2.26. The van der Waals surface area contributed by atoms with Crippen molar-refractivity contribution in [2.75, 3.05) is 43.9 Å². The predicted octanol–water partition coefficient (Wildman–Crippen LogP) is 1.72. The first kappa shape index (κ1) is 17.5. The van der Waals surface area contributed by atoms with Gasteiger partial charge >= 0.3 is 0 Å². The number of thioether (sulfide) groups is 1. The molecule has 1 aromatic carbocycles. The Morgan fingerprint density at radius 3 is 3.15 bits per heavy atom. The number of hydrogen-bond acceptors (Lipinski definition) is 7. The number of rotatable bonds is 4. The van der Waals surface area contributed by atoms with Crippen LogP contribution in [0.15, 0.2) is 33.7 Å². The zero-order chi connectivity index (χ0) is 17.9. The van der Waals surface area contributed by atoms with Crippen LogP contribution in [0.4, 0.5) is 5.69 Å². The van der Waals surface area contributed by atoms with E-state index in [-0.39, 0.29) is 11.9 Å². The summed E-state index contributed by atoms with van der Waals surface area (Å²) in [6, 6.07) is 8.19. The molecule has 1 saturated heterocycles. The van der Waals surface area contributed by atoms with Crippen LogP contribution in [-0.4, -0.2) is 59.9 Å². The molecule has 1 fully saturated rings. The maximum absolute atomic E-state index is 12.7. The molecule has 1 amide bonds. The normalized spacial score (nSPS) is 20.8. The van der Waals surface area contributed by atoms with Crippen molar-refractivity contribution in [1.29, 1.82) is 0 Å². The van der Waals surface area contributed by atoms with Crippen molar-refractivity contribution in [3.05, 3.63) is 36.0 Å². The van der Waals surface area contributed by atoms with Gasteiger partial charge < -0.3 is 14.7 Å². The Labute approximate surface area is 157 Å². The lowest BCUT2D eigenvalue weighted by Crippen LogP contribution is -2.44. The third-order valence-electron chi connectivity index (χ3n) is 4.88. The number of anilines is 1. The molecular weight excluding hydrogens is 350 g/mol. The first-order valence-electron chi connectivity index (χ1n) is 8.98. The van der Waals surface area contributed by atoms with Gasteiger partial charge in [0, 0.05) is 49.7 Å². The maximum atomic E-state index is 12.7. The first-order valence-corrected chi connectivity index (χ1v) is 9.96. The number of likely N-dealkylation sites (N-methyl/N-ethyl adjacent to an activating group) is 1. The van der Waals surface area contributed by atoms with Crippen LogP contribution in [0, 0.1) is 0 Å². The van der Waals surface area contributed by atoms with E-state index in [1.165, 1.54) is 4.90 Å². The van der Waals surface area contributed by atoms with Gasteiger partial charge in [-0.2, -0.15) is 4.98 Å². The van der Waals surface area contributed by atoms with E-state index in [2.05, 4.69) is 33.5 Å². The minimum atomic E-state index is 0.106. The molecule has 7 nitrogen and oxygen atoms in total. The van der Waals surface area contributed by atoms with Gasteiger partial charge in [-0.05, 0) is 19.2 Å². The van der Waals surface area contributed by atoms with E-state index in [0.29, 0.717) is 24.6 Å². The molecule has 1 aromatic heterocycles. The standard InChI is InChI=1S/C18H23N5O2S/c1-22-9-8-19-12-14(22)18-20-16(25-21-18)6-7-17(24)23-10-11-26-15-5-3-2-4-13(15)23/h2-5,14,19H,6-12H2,1H3. The monoisotopic (exact) mass is 373 g/mol. The average molecular weight is 373 g/mol. The van der Waals surface area contributed by atoms with E-state index in [9.17, 15) is 4.79 Å². The van der Waals surface area contributed by atoms with Crippen molar-refractivity contribution in [3.63, 3.8) is 0 Å². The largest absolute Gasteiger partial charge is 0.339 e. The van der Waals surface area contributed by atoms with E-state index in [4.69, 9.17) is 4.52 Å². The maximum Gasteiger partial charge on any atom is 0.227 e. The van der Waals surface area contributed by atoms with Gasteiger partial charge in [0.2, 0.25) is 11.8 Å². The van der Waals surface area contributed by atoms with Gasteiger partial charge in [0.05, 0.1) is 11.7 Å². The molecule has 0 saturated carbocycles. The molecule has 1 unspecified atom stereocenters. The molecule has 2 aromatic rings. The topological polar surface area (TPSA) is 74.5 Å². The highest BCUT2D eigenvalue weighted by molar-refractivity contribution is 7.99. The number of aromatic nitrogens is 2. The number of carbonyl (C=O) groups excluding carboxylic acids is 1. The lowest BCUT2D eigenvalue weighted by atomic mass is 10.2. The molecular formula is C18H23N5O2S. The van der Waals surface area contributed by atoms with Gasteiger partial charge in [0.25, 0.3) is 0 Å². The number of benzene rings is 1. The van der Waals surface area contributed by atoms with Crippen LogP contribution >= 0.6 is 11.8 Å². The molecule has 8 heteroatoms. The highest BCUT2D eigenvalue weighted by Crippen LogP contribution is 2.34. The molecule has 3 heterocycles. The number of aryl methyl sites for hydroxylation is 1. The fraction of sp³-hybridized carbons (Fsp3) is 0.500. The Morgan fingerprint density at radius 1 is 1.38 bits per heavy atom.